The third-order valence-electron chi connectivity index (χ3n) is 5.84. The second kappa shape index (κ2) is 6.80. The fraction of sp³-hybridized carbons (Fsp3) is 0.450. The van der Waals surface area contributed by atoms with Crippen molar-refractivity contribution in [2.24, 2.45) is 11.3 Å². The van der Waals surface area contributed by atoms with Crippen molar-refractivity contribution in [1.29, 1.82) is 0 Å². The summed E-state index contributed by atoms with van der Waals surface area (Å²) in [6, 6.07) is 10.7. The molecule has 1 aliphatic heterocycles. The van der Waals surface area contributed by atoms with Crippen molar-refractivity contribution >= 4 is 15.9 Å². The van der Waals surface area contributed by atoms with E-state index >= 15 is 0 Å². The molecule has 2 atom stereocenters. The van der Waals surface area contributed by atoms with Crippen molar-refractivity contribution in [3.63, 3.8) is 0 Å². The average Bonchev–Trinajstić information content (AvgIpc) is 3.03. The Hall–Kier alpha value is -2.12. The average molecular weight is 388 g/mol. The molecule has 4 rings (SSSR count). The summed E-state index contributed by atoms with van der Waals surface area (Å²) in [7, 11) is -3.50. The molecule has 0 radical (unpaired) electrons. The highest BCUT2D eigenvalue weighted by Gasteiger charge is 2.62. The van der Waals surface area contributed by atoms with E-state index < -0.39 is 10.0 Å². The molecule has 0 bridgehead atoms. The summed E-state index contributed by atoms with van der Waals surface area (Å²) in [6.07, 6.45) is 3.94. The van der Waals surface area contributed by atoms with Gasteiger partial charge >= 0.3 is 0 Å². The van der Waals surface area contributed by atoms with Gasteiger partial charge in [-0.3, -0.25) is 4.79 Å². The Balaban J connectivity index is 1.39. The molecule has 1 saturated carbocycles. The Bertz CT molecular complexity index is 921. The van der Waals surface area contributed by atoms with Crippen LogP contribution in [0.5, 0.6) is 0 Å². The third-order valence-corrected chi connectivity index (χ3v) is 7.70. The first-order chi connectivity index (χ1) is 12.9. The number of carbonyl (C=O) groups is 1. The number of benzene rings is 1. The fourth-order valence-corrected chi connectivity index (χ4v) is 5.52. The van der Waals surface area contributed by atoms with Gasteiger partial charge in [0.2, 0.25) is 15.9 Å². The van der Waals surface area contributed by atoms with Crippen LogP contribution in [0.2, 0.25) is 0 Å². The zero-order valence-electron chi connectivity index (χ0n) is 15.3. The normalized spacial score (nSPS) is 25.0. The van der Waals surface area contributed by atoms with Crippen LogP contribution in [0.3, 0.4) is 0 Å². The second-order valence-corrected chi connectivity index (χ2v) is 9.44. The van der Waals surface area contributed by atoms with Crippen molar-refractivity contribution in [2.45, 2.75) is 37.6 Å². The number of carbonyl (C=O) groups excluding carboxylic acids is 1. The minimum absolute atomic E-state index is 0.0158. The van der Waals surface area contributed by atoms with Gasteiger partial charge in [0.1, 0.15) is 5.76 Å². The predicted octanol–water partition coefficient (Wildman–Crippen LogP) is 2.56. The lowest BCUT2D eigenvalue weighted by Crippen LogP contribution is -2.31. The highest BCUT2D eigenvalue weighted by Crippen LogP contribution is 2.59. The monoisotopic (exact) mass is 388 g/mol. The molecule has 2 heterocycles. The van der Waals surface area contributed by atoms with Gasteiger partial charge in [0.25, 0.3) is 0 Å². The number of hydrogen-bond donors (Lipinski definition) is 1. The number of nitrogens with zero attached hydrogens (tertiary/aromatic N) is 1. The summed E-state index contributed by atoms with van der Waals surface area (Å²) < 4.78 is 32.6. The number of sulfonamides is 1. The summed E-state index contributed by atoms with van der Waals surface area (Å²) >= 11 is 0. The Kier molecular flexibility index (Phi) is 4.60. The number of aryl methyl sites for hydroxylation is 1. The van der Waals surface area contributed by atoms with E-state index in [1.807, 2.05) is 25.1 Å². The minimum atomic E-state index is -3.50. The number of nitrogens with one attached hydrogen (secondary N) is 1. The van der Waals surface area contributed by atoms with Gasteiger partial charge in [-0.15, -0.1) is 0 Å². The van der Waals surface area contributed by atoms with Crippen molar-refractivity contribution < 1.29 is 17.6 Å². The summed E-state index contributed by atoms with van der Waals surface area (Å²) in [6.45, 7) is 3.30. The van der Waals surface area contributed by atoms with Crippen LogP contribution < -0.4 is 5.32 Å². The van der Waals surface area contributed by atoms with Crippen molar-refractivity contribution in [2.75, 3.05) is 13.1 Å². The van der Waals surface area contributed by atoms with E-state index in [9.17, 15) is 13.2 Å². The zero-order chi connectivity index (χ0) is 19.1. The van der Waals surface area contributed by atoms with E-state index in [-0.39, 0.29) is 17.2 Å². The highest BCUT2D eigenvalue weighted by atomic mass is 32.2. The first-order valence-corrected chi connectivity index (χ1v) is 10.8. The van der Waals surface area contributed by atoms with Crippen molar-refractivity contribution in [3.8, 4) is 0 Å². The molecule has 6 nitrogen and oxygen atoms in total. The molecule has 1 N–H and O–H groups in total. The van der Waals surface area contributed by atoms with E-state index in [2.05, 4.69) is 5.32 Å². The van der Waals surface area contributed by atoms with Crippen molar-refractivity contribution in [3.05, 3.63) is 54.0 Å². The van der Waals surface area contributed by atoms with Gasteiger partial charge in [0, 0.05) is 19.0 Å². The second-order valence-electron chi connectivity index (χ2n) is 7.50. The molecule has 2 aromatic rings. The summed E-state index contributed by atoms with van der Waals surface area (Å²) in [5.74, 6) is 0.581. The van der Waals surface area contributed by atoms with Crippen LogP contribution in [-0.4, -0.2) is 31.7 Å². The predicted molar refractivity (Wildman–Crippen MR) is 100 cm³/mol. The zero-order valence-corrected chi connectivity index (χ0v) is 16.2. The maximum absolute atomic E-state index is 12.9. The number of amides is 1. The number of hydrogen-bond acceptors (Lipinski definition) is 4. The first kappa shape index (κ1) is 18.3. The van der Waals surface area contributed by atoms with Crippen LogP contribution >= 0.6 is 0 Å². The standard InChI is InChI=1S/C20H24N2O4S/c1-2-15-5-7-17(8-6-15)27(24,25)22-10-9-20(14-22)12-18(20)19(23)21-13-16-4-3-11-26-16/h3-8,11,18H,2,9-10,12-14H2,1H3,(H,21,23)/t18-,20-/m0/s1. The first-order valence-electron chi connectivity index (χ1n) is 9.34. The lowest BCUT2D eigenvalue weighted by Gasteiger charge is -2.17. The highest BCUT2D eigenvalue weighted by molar-refractivity contribution is 7.89. The van der Waals surface area contributed by atoms with Gasteiger partial charge in [-0.2, -0.15) is 4.31 Å². The fourth-order valence-electron chi connectivity index (χ4n) is 3.99. The quantitative estimate of drug-likeness (QED) is 0.825. The maximum Gasteiger partial charge on any atom is 0.243 e. The Labute approximate surface area is 159 Å². The van der Waals surface area contributed by atoms with Gasteiger partial charge in [0.05, 0.1) is 17.7 Å². The molecule has 7 heteroatoms. The smallest absolute Gasteiger partial charge is 0.243 e. The van der Waals surface area contributed by atoms with Crippen LogP contribution in [0, 0.1) is 11.3 Å². The van der Waals surface area contributed by atoms with Gasteiger partial charge < -0.3 is 9.73 Å². The summed E-state index contributed by atoms with van der Waals surface area (Å²) in [5.41, 5.74) is 0.909. The Morgan fingerprint density at radius 3 is 2.74 bits per heavy atom. The molecule has 2 fully saturated rings. The Morgan fingerprint density at radius 2 is 2.07 bits per heavy atom. The topological polar surface area (TPSA) is 79.6 Å². The molecule has 1 saturated heterocycles. The van der Waals surface area contributed by atoms with E-state index in [1.165, 1.54) is 4.31 Å². The molecular weight excluding hydrogens is 364 g/mol. The van der Waals surface area contributed by atoms with E-state index in [1.54, 1.807) is 24.5 Å². The SMILES string of the molecule is CCc1ccc(S(=O)(=O)N2CC[C@]3(C[C@H]3C(=O)NCc3ccco3)C2)cc1. The van der Waals surface area contributed by atoms with Crippen molar-refractivity contribution in [1.82, 2.24) is 9.62 Å². The van der Waals surface area contributed by atoms with E-state index in [0.29, 0.717) is 30.3 Å². The summed E-state index contributed by atoms with van der Waals surface area (Å²) in [5, 5.41) is 2.90. The van der Waals surface area contributed by atoms with Crippen LogP contribution in [0.15, 0.2) is 52.0 Å². The van der Waals surface area contributed by atoms with E-state index in [0.717, 1.165) is 24.8 Å². The molecule has 1 aromatic heterocycles. The molecule has 1 amide bonds. The molecule has 1 spiro atoms. The molecule has 0 unspecified atom stereocenters. The van der Waals surface area contributed by atoms with Crippen LogP contribution in [0.1, 0.15) is 31.1 Å². The molecule has 144 valence electrons. The third kappa shape index (κ3) is 3.41. The molecule has 1 aromatic carbocycles. The van der Waals surface area contributed by atoms with E-state index in [4.69, 9.17) is 4.42 Å². The number of rotatable bonds is 6. The minimum Gasteiger partial charge on any atom is -0.467 e. The van der Waals surface area contributed by atoms with Gasteiger partial charge in [-0.25, -0.2) is 8.42 Å². The van der Waals surface area contributed by atoms with Gasteiger partial charge in [-0.1, -0.05) is 19.1 Å². The molecule has 27 heavy (non-hydrogen) atoms. The molecule has 1 aliphatic carbocycles. The van der Waals surface area contributed by atoms with Crippen LogP contribution in [-0.2, 0) is 27.8 Å². The molecular formula is C20H24N2O4S. The van der Waals surface area contributed by atoms with Gasteiger partial charge in [-0.05, 0) is 54.5 Å². The van der Waals surface area contributed by atoms with Crippen LogP contribution in [0.4, 0.5) is 0 Å². The summed E-state index contributed by atoms with van der Waals surface area (Å²) in [4.78, 5) is 12.8. The van der Waals surface area contributed by atoms with Gasteiger partial charge in [0.15, 0.2) is 0 Å². The lowest BCUT2D eigenvalue weighted by atomic mass is 10.0. The maximum atomic E-state index is 12.9. The lowest BCUT2D eigenvalue weighted by molar-refractivity contribution is -0.123. The largest absolute Gasteiger partial charge is 0.467 e. The Morgan fingerprint density at radius 1 is 1.30 bits per heavy atom. The number of furan rings is 1. The molecule has 2 aliphatic rings. The van der Waals surface area contributed by atoms with Crippen LogP contribution in [0.25, 0.3) is 0 Å².